The summed E-state index contributed by atoms with van der Waals surface area (Å²) < 4.78 is 0.928. The summed E-state index contributed by atoms with van der Waals surface area (Å²) in [5.74, 6) is 0.779. The van der Waals surface area contributed by atoms with Crippen LogP contribution in [-0.4, -0.2) is 25.9 Å². The fourth-order valence-electron chi connectivity index (χ4n) is 4.13. The van der Waals surface area contributed by atoms with Crippen LogP contribution >= 0.6 is 28.1 Å². The molecule has 3 heterocycles. The van der Waals surface area contributed by atoms with E-state index in [1.807, 2.05) is 42.6 Å². The molecular formula is C24H17BrN6S. The molecule has 1 saturated heterocycles. The van der Waals surface area contributed by atoms with Gasteiger partial charge in [-0.05, 0) is 87.6 Å². The second-order valence-electron chi connectivity index (χ2n) is 7.58. The predicted molar refractivity (Wildman–Crippen MR) is 137 cm³/mol. The smallest absolute Gasteiger partial charge is 0.179 e. The number of amidine groups is 1. The van der Waals surface area contributed by atoms with Gasteiger partial charge in [0.1, 0.15) is 11.9 Å². The van der Waals surface area contributed by atoms with Crippen molar-refractivity contribution in [2.45, 2.75) is 6.04 Å². The van der Waals surface area contributed by atoms with Gasteiger partial charge in [-0.15, -0.1) is 0 Å². The Morgan fingerprint density at radius 1 is 0.969 bits per heavy atom. The molecule has 6 nitrogen and oxygen atoms in total. The molecule has 0 saturated carbocycles. The lowest BCUT2D eigenvalue weighted by Crippen LogP contribution is -2.29. The zero-order valence-corrected chi connectivity index (χ0v) is 19.1. The van der Waals surface area contributed by atoms with E-state index in [0.29, 0.717) is 5.11 Å². The van der Waals surface area contributed by atoms with Crippen LogP contribution in [0.25, 0.3) is 21.9 Å². The Hall–Kier alpha value is -3.49. The number of benzene rings is 3. The second kappa shape index (κ2) is 7.58. The van der Waals surface area contributed by atoms with Crippen LogP contribution in [0.1, 0.15) is 11.6 Å². The summed E-state index contributed by atoms with van der Waals surface area (Å²) in [6.45, 7) is 0. The first-order valence-corrected chi connectivity index (χ1v) is 11.3. The number of nitrogens with one attached hydrogen (secondary N) is 3. The number of imidazole rings is 1. The molecule has 1 atom stereocenters. The minimum Gasteiger partial charge on any atom is -0.361 e. The van der Waals surface area contributed by atoms with Gasteiger partial charge in [0.2, 0.25) is 0 Å². The Bertz CT molecular complexity index is 1520. The molecule has 0 radical (unpaired) electrons. The van der Waals surface area contributed by atoms with Crippen LogP contribution in [0.2, 0.25) is 0 Å². The lowest BCUT2D eigenvalue weighted by atomic mass is 10.0. The highest BCUT2D eigenvalue weighted by molar-refractivity contribution is 9.10. The largest absolute Gasteiger partial charge is 0.361 e. The maximum Gasteiger partial charge on any atom is 0.179 e. The molecule has 2 aromatic heterocycles. The monoisotopic (exact) mass is 500 g/mol. The van der Waals surface area contributed by atoms with Gasteiger partial charge in [0.15, 0.2) is 5.11 Å². The SMILES string of the molecule is S=C1N/C(=N\c2ccccc2Br)C(c2ccc3[nH]ccc3c2)N1c1ccc2nc[nH]c2c1. The van der Waals surface area contributed by atoms with Crippen LogP contribution in [0.15, 0.2) is 88.7 Å². The topological polar surface area (TPSA) is 72.1 Å². The van der Waals surface area contributed by atoms with Crippen molar-refractivity contribution in [3.8, 4) is 0 Å². The zero-order valence-electron chi connectivity index (χ0n) is 16.7. The minimum atomic E-state index is -0.200. The number of aromatic nitrogens is 3. The Morgan fingerprint density at radius 2 is 1.88 bits per heavy atom. The molecule has 0 amide bonds. The molecular weight excluding hydrogens is 484 g/mol. The molecule has 0 aliphatic carbocycles. The third-order valence-corrected chi connectivity index (χ3v) is 6.61. The molecule has 5 aromatic rings. The zero-order chi connectivity index (χ0) is 21.7. The number of hydrogen-bond donors (Lipinski definition) is 3. The van der Waals surface area contributed by atoms with Gasteiger partial charge in [0.05, 0.1) is 23.0 Å². The number of halogens is 1. The van der Waals surface area contributed by atoms with Crippen LogP contribution in [-0.2, 0) is 0 Å². The minimum absolute atomic E-state index is 0.200. The first-order chi connectivity index (χ1) is 15.7. The van der Waals surface area contributed by atoms with Gasteiger partial charge in [0, 0.05) is 21.9 Å². The summed E-state index contributed by atoms with van der Waals surface area (Å²) in [5, 5.41) is 5.11. The molecule has 32 heavy (non-hydrogen) atoms. The molecule has 1 fully saturated rings. The first-order valence-electron chi connectivity index (χ1n) is 10.1. The summed E-state index contributed by atoms with van der Waals surface area (Å²) in [6.07, 6.45) is 3.65. The lowest BCUT2D eigenvalue weighted by Gasteiger charge is -2.25. The van der Waals surface area contributed by atoms with Gasteiger partial charge in [0.25, 0.3) is 0 Å². The molecule has 3 aromatic carbocycles. The quantitative estimate of drug-likeness (QED) is 0.266. The fraction of sp³-hybridized carbons (Fsp3) is 0.0417. The highest BCUT2D eigenvalue weighted by Gasteiger charge is 2.37. The second-order valence-corrected chi connectivity index (χ2v) is 8.82. The standard InChI is InChI=1S/C24H17BrN6S/c25-17-3-1-2-4-19(17)29-23-22(15-5-7-18-14(11-15)9-10-26-18)31(24(32)30-23)16-6-8-20-21(12-16)28-13-27-20/h1-13,22,26H,(H,27,28)(H,29,30,32). The van der Waals surface area contributed by atoms with Crippen molar-refractivity contribution in [1.29, 1.82) is 0 Å². The molecule has 156 valence electrons. The first kappa shape index (κ1) is 19.2. The maximum atomic E-state index is 5.80. The molecule has 0 bridgehead atoms. The van der Waals surface area contributed by atoms with Crippen LogP contribution in [0, 0.1) is 0 Å². The van der Waals surface area contributed by atoms with Crippen molar-refractivity contribution in [3.05, 3.63) is 89.3 Å². The van der Waals surface area contributed by atoms with Crippen LogP contribution in [0.5, 0.6) is 0 Å². The molecule has 0 spiro atoms. The maximum absolute atomic E-state index is 5.80. The fourth-order valence-corrected chi connectivity index (χ4v) is 4.82. The predicted octanol–water partition coefficient (Wildman–Crippen LogP) is 5.97. The number of aromatic amines is 2. The molecule has 1 aliphatic heterocycles. The van der Waals surface area contributed by atoms with E-state index in [-0.39, 0.29) is 6.04 Å². The highest BCUT2D eigenvalue weighted by Crippen LogP contribution is 2.36. The summed E-state index contributed by atoms with van der Waals surface area (Å²) in [4.78, 5) is 17.9. The average Bonchev–Trinajstić information content (AvgIpc) is 3.52. The normalized spacial score (nSPS) is 17.5. The van der Waals surface area contributed by atoms with Crippen molar-refractivity contribution in [2.75, 3.05) is 4.90 Å². The number of aliphatic imine (C=N–C) groups is 1. The number of para-hydroxylation sites is 1. The van der Waals surface area contributed by atoms with Crippen molar-refractivity contribution in [3.63, 3.8) is 0 Å². The Balaban J connectivity index is 1.53. The van der Waals surface area contributed by atoms with Gasteiger partial charge in [-0.25, -0.2) is 9.98 Å². The van der Waals surface area contributed by atoms with Gasteiger partial charge in [-0.1, -0.05) is 18.2 Å². The van der Waals surface area contributed by atoms with E-state index in [1.54, 1.807) is 6.33 Å². The Labute approximate surface area is 197 Å². The van der Waals surface area contributed by atoms with E-state index >= 15 is 0 Å². The van der Waals surface area contributed by atoms with Gasteiger partial charge in [-0.2, -0.15) is 0 Å². The molecule has 6 rings (SSSR count). The number of anilines is 1. The summed E-state index contributed by atoms with van der Waals surface area (Å²) in [5.41, 5.74) is 5.88. The average molecular weight is 501 g/mol. The number of H-pyrrole nitrogens is 2. The van der Waals surface area contributed by atoms with Crippen LogP contribution < -0.4 is 10.2 Å². The van der Waals surface area contributed by atoms with Crippen LogP contribution in [0.3, 0.4) is 0 Å². The summed E-state index contributed by atoms with van der Waals surface area (Å²) in [6, 6.07) is 22.3. The summed E-state index contributed by atoms with van der Waals surface area (Å²) in [7, 11) is 0. The van der Waals surface area contributed by atoms with E-state index in [2.05, 4.69) is 71.4 Å². The van der Waals surface area contributed by atoms with Crippen LogP contribution in [0.4, 0.5) is 11.4 Å². The Morgan fingerprint density at radius 3 is 2.78 bits per heavy atom. The highest BCUT2D eigenvalue weighted by atomic mass is 79.9. The molecule has 1 unspecified atom stereocenters. The van der Waals surface area contributed by atoms with Gasteiger partial charge >= 0.3 is 0 Å². The van der Waals surface area contributed by atoms with E-state index in [0.717, 1.165) is 49.2 Å². The van der Waals surface area contributed by atoms with E-state index in [4.69, 9.17) is 17.2 Å². The third kappa shape index (κ3) is 3.19. The number of hydrogen-bond acceptors (Lipinski definition) is 3. The molecule has 3 N–H and O–H groups in total. The number of nitrogens with zero attached hydrogens (tertiary/aromatic N) is 3. The number of fused-ring (bicyclic) bond motifs is 2. The van der Waals surface area contributed by atoms with Crippen molar-refractivity contribution in [1.82, 2.24) is 20.3 Å². The van der Waals surface area contributed by atoms with E-state index < -0.39 is 0 Å². The van der Waals surface area contributed by atoms with Crippen molar-refractivity contribution >= 4 is 72.4 Å². The molecule has 1 aliphatic rings. The molecule has 8 heteroatoms. The number of thiocarbonyl (C=S) groups is 1. The van der Waals surface area contributed by atoms with Gasteiger partial charge < -0.3 is 20.2 Å². The van der Waals surface area contributed by atoms with Crippen molar-refractivity contribution < 1.29 is 0 Å². The summed E-state index contributed by atoms with van der Waals surface area (Å²) >= 11 is 9.41. The van der Waals surface area contributed by atoms with E-state index in [9.17, 15) is 0 Å². The lowest BCUT2D eigenvalue weighted by molar-refractivity contribution is 0.952. The Kier molecular flexibility index (Phi) is 4.55. The third-order valence-electron chi connectivity index (χ3n) is 5.64. The number of rotatable bonds is 3. The van der Waals surface area contributed by atoms with Crippen molar-refractivity contribution in [2.24, 2.45) is 4.99 Å². The van der Waals surface area contributed by atoms with Gasteiger partial charge in [-0.3, -0.25) is 0 Å². The van der Waals surface area contributed by atoms with E-state index in [1.165, 1.54) is 0 Å².